The number of nitrogens with one attached hydrogen (secondary N) is 1. The number of rotatable bonds is 7. The van der Waals surface area contributed by atoms with Gasteiger partial charge in [0.1, 0.15) is 0 Å². The highest BCUT2D eigenvalue weighted by molar-refractivity contribution is 7.79. The van der Waals surface area contributed by atoms with Crippen molar-refractivity contribution >= 4 is 17.0 Å². The fourth-order valence-corrected chi connectivity index (χ4v) is 3.34. The van der Waals surface area contributed by atoms with E-state index in [-0.39, 0.29) is 12.2 Å². The molecule has 2 N–H and O–H groups in total. The van der Waals surface area contributed by atoms with Crippen molar-refractivity contribution in [1.29, 1.82) is 0 Å². The topological polar surface area (TPSA) is 107 Å². The van der Waals surface area contributed by atoms with Crippen LogP contribution in [0.4, 0.5) is 0 Å². The minimum Gasteiger partial charge on any atom is -0.772 e. The Bertz CT molecular complexity index is 732. The van der Waals surface area contributed by atoms with Gasteiger partial charge in [0.25, 0.3) is 0 Å². The number of aryl methyl sites for hydroxylation is 2. The van der Waals surface area contributed by atoms with Crippen LogP contribution in [0.25, 0.3) is 11.1 Å². The predicted octanol–water partition coefficient (Wildman–Crippen LogP) is 1.64. The molecule has 2 rings (SSSR count). The van der Waals surface area contributed by atoms with E-state index in [1.165, 1.54) is 6.92 Å². The molecular formula is C16H20N3O4S-. The normalized spacial score (nSPS) is 14.8. The van der Waals surface area contributed by atoms with Gasteiger partial charge in [0.2, 0.25) is 5.91 Å². The number of carbonyl (C=O) groups is 1. The molecule has 0 saturated heterocycles. The van der Waals surface area contributed by atoms with Gasteiger partial charge < -0.3 is 4.55 Å². The van der Waals surface area contributed by atoms with Crippen molar-refractivity contribution in [3.8, 4) is 11.1 Å². The quantitative estimate of drug-likeness (QED) is 0.448. The number of aromatic nitrogens is 2. The number of hydroxylamine groups is 1. The molecule has 24 heavy (non-hydrogen) atoms. The summed E-state index contributed by atoms with van der Waals surface area (Å²) < 4.78 is 23.7. The van der Waals surface area contributed by atoms with Gasteiger partial charge >= 0.3 is 0 Å². The van der Waals surface area contributed by atoms with Crippen LogP contribution in [0.15, 0.2) is 36.5 Å². The third-order valence-corrected chi connectivity index (χ3v) is 4.88. The second kappa shape index (κ2) is 7.69. The van der Waals surface area contributed by atoms with Crippen LogP contribution >= 0.6 is 0 Å². The first kappa shape index (κ1) is 18.3. The average molecular weight is 350 g/mol. The number of amides is 1. The monoisotopic (exact) mass is 350 g/mol. The molecule has 0 radical (unpaired) electrons. The van der Waals surface area contributed by atoms with Crippen LogP contribution in [0.3, 0.4) is 0 Å². The van der Waals surface area contributed by atoms with E-state index in [4.69, 9.17) is 5.21 Å². The average Bonchev–Trinajstić information content (AvgIpc) is 2.93. The van der Waals surface area contributed by atoms with Crippen molar-refractivity contribution < 1.29 is 18.8 Å². The Kier molecular flexibility index (Phi) is 5.87. The Morgan fingerprint density at radius 3 is 2.67 bits per heavy atom. The highest BCUT2D eigenvalue weighted by Crippen LogP contribution is 2.26. The van der Waals surface area contributed by atoms with Gasteiger partial charge in [0.15, 0.2) is 0 Å². The first-order valence-electron chi connectivity index (χ1n) is 7.45. The van der Waals surface area contributed by atoms with E-state index in [0.29, 0.717) is 6.54 Å². The van der Waals surface area contributed by atoms with Crippen molar-refractivity contribution in [3.05, 3.63) is 42.2 Å². The molecule has 1 unspecified atom stereocenters. The second-order valence-electron chi connectivity index (χ2n) is 5.96. The zero-order valence-electron chi connectivity index (χ0n) is 13.6. The highest BCUT2D eigenvalue weighted by atomic mass is 32.2. The Balaban J connectivity index is 2.16. The summed E-state index contributed by atoms with van der Waals surface area (Å²) in [7, 11) is 0. The summed E-state index contributed by atoms with van der Waals surface area (Å²) in [5, 5.41) is 13.3. The molecule has 1 heterocycles. The van der Waals surface area contributed by atoms with Gasteiger partial charge in [-0.1, -0.05) is 41.4 Å². The van der Waals surface area contributed by atoms with E-state index in [1.807, 2.05) is 43.5 Å². The largest absolute Gasteiger partial charge is 0.772 e. The molecule has 8 heteroatoms. The van der Waals surface area contributed by atoms with Crippen LogP contribution in [0, 0.1) is 12.3 Å². The molecule has 130 valence electrons. The van der Waals surface area contributed by atoms with Crippen molar-refractivity contribution in [2.75, 3.05) is 5.75 Å². The third-order valence-electron chi connectivity index (χ3n) is 4.01. The van der Waals surface area contributed by atoms with E-state index in [2.05, 4.69) is 5.10 Å². The molecule has 0 bridgehead atoms. The van der Waals surface area contributed by atoms with Crippen LogP contribution < -0.4 is 5.48 Å². The molecule has 0 aliphatic rings. The molecule has 0 aliphatic heterocycles. The summed E-state index contributed by atoms with van der Waals surface area (Å²) in [5.74, 6) is -1.09. The summed E-state index contributed by atoms with van der Waals surface area (Å²) in [6.07, 6.45) is 2.10. The molecule has 2 atom stereocenters. The lowest BCUT2D eigenvalue weighted by molar-refractivity contribution is -0.138. The lowest BCUT2D eigenvalue weighted by atomic mass is 9.88. The summed E-state index contributed by atoms with van der Waals surface area (Å²) in [6.45, 7) is 3.75. The van der Waals surface area contributed by atoms with Crippen LogP contribution in [0.1, 0.15) is 19.0 Å². The molecule has 7 nitrogen and oxygen atoms in total. The Labute approximate surface area is 142 Å². The number of hydrogen-bond donors (Lipinski definition) is 2. The first-order valence-corrected chi connectivity index (χ1v) is 8.70. The third kappa shape index (κ3) is 4.28. The molecule has 1 aromatic carbocycles. The number of hydrogen-bond acceptors (Lipinski definition) is 5. The van der Waals surface area contributed by atoms with Crippen molar-refractivity contribution in [1.82, 2.24) is 15.3 Å². The fourth-order valence-electron chi connectivity index (χ4n) is 2.54. The number of benzene rings is 1. The van der Waals surface area contributed by atoms with Crippen LogP contribution in [0.5, 0.6) is 0 Å². The van der Waals surface area contributed by atoms with Crippen molar-refractivity contribution in [3.63, 3.8) is 0 Å². The molecule has 0 fully saturated rings. The standard InChI is InChI=1S/C16H21N3O4S/c1-12-14(13-6-4-3-5-7-13)10-19(17-12)9-8-16(2,11-24(22)23)15(20)18-21/h3-7,10,21H,8-9,11H2,1-2H3,(H,18,20)(H,22,23)/p-1/t16-/m0/s1. The first-order chi connectivity index (χ1) is 11.4. The maximum absolute atomic E-state index is 11.8. The Morgan fingerprint density at radius 2 is 2.08 bits per heavy atom. The molecule has 0 saturated carbocycles. The second-order valence-corrected chi connectivity index (χ2v) is 6.85. The van der Waals surface area contributed by atoms with E-state index in [1.54, 1.807) is 10.2 Å². The van der Waals surface area contributed by atoms with Gasteiger partial charge in [-0.15, -0.1) is 0 Å². The van der Waals surface area contributed by atoms with Gasteiger partial charge in [-0.25, -0.2) is 5.48 Å². The maximum Gasteiger partial charge on any atom is 0.250 e. The van der Waals surface area contributed by atoms with Gasteiger partial charge in [0.05, 0.1) is 11.1 Å². The summed E-state index contributed by atoms with van der Waals surface area (Å²) in [6, 6.07) is 9.79. The zero-order valence-corrected chi connectivity index (χ0v) is 14.4. The molecule has 1 aromatic heterocycles. The smallest absolute Gasteiger partial charge is 0.250 e. The van der Waals surface area contributed by atoms with E-state index >= 15 is 0 Å². The number of carbonyl (C=O) groups excluding carboxylic acids is 1. The van der Waals surface area contributed by atoms with Gasteiger partial charge in [-0.2, -0.15) is 5.10 Å². The minimum absolute atomic E-state index is 0.225. The summed E-state index contributed by atoms with van der Waals surface area (Å²) >= 11 is -2.40. The van der Waals surface area contributed by atoms with Crippen LogP contribution in [-0.2, 0) is 22.4 Å². The van der Waals surface area contributed by atoms with E-state index in [9.17, 15) is 13.6 Å². The van der Waals surface area contributed by atoms with Crippen molar-refractivity contribution in [2.45, 2.75) is 26.8 Å². The van der Waals surface area contributed by atoms with E-state index < -0.39 is 22.4 Å². The minimum atomic E-state index is -2.40. The van der Waals surface area contributed by atoms with Crippen LogP contribution in [0.2, 0.25) is 0 Å². The van der Waals surface area contributed by atoms with Gasteiger partial charge in [-0.3, -0.25) is 18.9 Å². The fraction of sp³-hybridized carbons (Fsp3) is 0.375. The highest BCUT2D eigenvalue weighted by Gasteiger charge is 2.33. The summed E-state index contributed by atoms with van der Waals surface area (Å²) in [4.78, 5) is 11.8. The van der Waals surface area contributed by atoms with Crippen LogP contribution in [-0.4, -0.2) is 35.4 Å². The summed E-state index contributed by atoms with van der Waals surface area (Å²) in [5.41, 5.74) is 3.19. The molecule has 1 amide bonds. The molecular weight excluding hydrogens is 330 g/mol. The van der Waals surface area contributed by atoms with E-state index in [0.717, 1.165) is 16.8 Å². The number of nitrogens with zero attached hydrogens (tertiary/aromatic N) is 2. The Morgan fingerprint density at radius 1 is 1.42 bits per heavy atom. The molecule has 0 aliphatic carbocycles. The molecule has 0 spiro atoms. The van der Waals surface area contributed by atoms with Crippen molar-refractivity contribution in [2.24, 2.45) is 5.41 Å². The SMILES string of the molecule is Cc1nn(CC[C@@](C)(CS(=O)[O-])C(=O)NO)cc1-c1ccccc1. The molecule has 2 aromatic rings. The zero-order chi connectivity index (χ0) is 17.7. The van der Waals surface area contributed by atoms with Gasteiger partial charge in [0, 0.05) is 24.1 Å². The lowest BCUT2D eigenvalue weighted by Gasteiger charge is -2.27. The Hall–Kier alpha value is -2.03. The maximum atomic E-state index is 11.8. The lowest BCUT2D eigenvalue weighted by Crippen LogP contribution is -2.42. The predicted molar refractivity (Wildman–Crippen MR) is 88.8 cm³/mol. The van der Waals surface area contributed by atoms with Gasteiger partial charge in [-0.05, 0) is 25.8 Å².